The molecule has 0 spiro atoms. The number of para-hydroxylation sites is 1. The predicted octanol–water partition coefficient (Wildman–Crippen LogP) is 2.53. The quantitative estimate of drug-likeness (QED) is 0.887. The monoisotopic (exact) mass is 333 g/mol. The van der Waals surface area contributed by atoms with Crippen molar-refractivity contribution in [2.45, 2.75) is 51.7 Å². The number of ether oxygens (including phenoxy) is 1. The zero-order valence-electron chi connectivity index (χ0n) is 14.7. The van der Waals surface area contributed by atoms with E-state index in [0.717, 1.165) is 24.1 Å². The van der Waals surface area contributed by atoms with E-state index in [1.165, 1.54) is 0 Å². The van der Waals surface area contributed by atoms with E-state index in [4.69, 9.17) is 10.5 Å². The fraction of sp³-hybridized carbons (Fsp3) is 0.556. The van der Waals surface area contributed by atoms with Gasteiger partial charge in [0.2, 0.25) is 5.91 Å². The minimum absolute atomic E-state index is 0.125. The zero-order chi connectivity index (χ0) is 17.7. The summed E-state index contributed by atoms with van der Waals surface area (Å²) in [4.78, 5) is 25.2. The van der Waals surface area contributed by atoms with Crippen LogP contribution in [0, 0.1) is 0 Å². The molecule has 0 radical (unpaired) electrons. The van der Waals surface area contributed by atoms with Gasteiger partial charge in [-0.1, -0.05) is 18.2 Å². The lowest BCUT2D eigenvalue weighted by atomic mass is 10.0. The minimum Gasteiger partial charge on any atom is -0.444 e. The summed E-state index contributed by atoms with van der Waals surface area (Å²) < 4.78 is 5.45. The first kappa shape index (κ1) is 18.1. The highest BCUT2D eigenvalue weighted by atomic mass is 16.6. The van der Waals surface area contributed by atoms with Crippen molar-refractivity contribution in [2.75, 3.05) is 18.4 Å². The molecule has 3 N–H and O–H groups in total. The summed E-state index contributed by atoms with van der Waals surface area (Å²) in [5.41, 5.74) is 6.59. The molecule has 1 aromatic carbocycles. The number of piperidine rings is 1. The van der Waals surface area contributed by atoms with Crippen molar-refractivity contribution in [2.24, 2.45) is 5.73 Å². The summed E-state index contributed by atoms with van der Waals surface area (Å²) in [5, 5.41) is 3.45. The molecule has 1 fully saturated rings. The number of likely N-dealkylation sites (tertiary alicyclic amines) is 1. The molecule has 1 aromatic rings. The fourth-order valence-corrected chi connectivity index (χ4v) is 2.81. The van der Waals surface area contributed by atoms with Crippen molar-refractivity contribution in [3.8, 4) is 0 Å². The normalized spacial score (nSPS) is 18.1. The summed E-state index contributed by atoms with van der Waals surface area (Å²) >= 11 is 0. The number of carbonyl (C=O) groups is 2. The van der Waals surface area contributed by atoms with Crippen molar-refractivity contribution in [1.29, 1.82) is 0 Å². The van der Waals surface area contributed by atoms with Crippen molar-refractivity contribution in [3.63, 3.8) is 0 Å². The van der Waals surface area contributed by atoms with Crippen molar-refractivity contribution in [1.82, 2.24) is 4.90 Å². The van der Waals surface area contributed by atoms with E-state index in [1.807, 2.05) is 45.0 Å². The van der Waals surface area contributed by atoms with E-state index in [0.29, 0.717) is 13.1 Å². The number of primary amides is 1. The molecule has 24 heavy (non-hydrogen) atoms. The van der Waals surface area contributed by atoms with Gasteiger partial charge in [0.05, 0.1) is 6.42 Å². The second-order valence-electron chi connectivity index (χ2n) is 7.21. The maximum atomic E-state index is 12.2. The Morgan fingerprint density at radius 1 is 1.33 bits per heavy atom. The van der Waals surface area contributed by atoms with Crippen LogP contribution in [0.5, 0.6) is 0 Å². The number of benzene rings is 1. The van der Waals surface area contributed by atoms with Crippen LogP contribution in [0.3, 0.4) is 0 Å². The van der Waals surface area contributed by atoms with E-state index in [1.54, 1.807) is 4.90 Å². The van der Waals surface area contributed by atoms with Gasteiger partial charge in [0.15, 0.2) is 0 Å². The van der Waals surface area contributed by atoms with Crippen LogP contribution in [-0.2, 0) is 16.0 Å². The van der Waals surface area contributed by atoms with Crippen LogP contribution >= 0.6 is 0 Å². The summed E-state index contributed by atoms with van der Waals surface area (Å²) in [6.07, 6.45) is 1.80. The molecular weight excluding hydrogens is 306 g/mol. The molecule has 2 rings (SSSR count). The highest BCUT2D eigenvalue weighted by Crippen LogP contribution is 2.21. The third-order valence-electron chi connectivity index (χ3n) is 3.81. The van der Waals surface area contributed by atoms with Gasteiger partial charge >= 0.3 is 6.09 Å². The molecule has 1 heterocycles. The van der Waals surface area contributed by atoms with E-state index in [9.17, 15) is 9.59 Å². The molecule has 1 saturated heterocycles. The van der Waals surface area contributed by atoms with E-state index >= 15 is 0 Å². The van der Waals surface area contributed by atoms with Gasteiger partial charge in [0, 0.05) is 24.8 Å². The van der Waals surface area contributed by atoms with Gasteiger partial charge in [-0.25, -0.2) is 4.79 Å². The number of hydrogen-bond donors (Lipinski definition) is 2. The molecule has 0 aliphatic carbocycles. The van der Waals surface area contributed by atoms with Crippen molar-refractivity contribution < 1.29 is 14.3 Å². The van der Waals surface area contributed by atoms with Gasteiger partial charge in [0.25, 0.3) is 0 Å². The largest absolute Gasteiger partial charge is 0.444 e. The van der Waals surface area contributed by atoms with Gasteiger partial charge in [-0.05, 0) is 45.2 Å². The van der Waals surface area contributed by atoms with Crippen molar-refractivity contribution in [3.05, 3.63) is 29.8 Å². The number of amides is 2. The molecule has 6 heteroatoms. The molecule has 1 aliphatic heterocycles. The van der Waals surface area contributed by atoms with Crippen LogP contribution in [0.1, 0.15) is 39.2 Å². The molecule has 6 nitrogen and oxygen atoms in total. The van der Waals surface area contributed by atoms with Crippen molar-refractivity contribution >= 4 is 17.7 Å². The third-order valence-corrected chi connectivity index (χ3v) is 3.81. The lowest BCUT2D eigenvalue weighted by Gasteiger charge is -2.35. The first-order chi connectivity index (χ1) is 11.2. The van der Waals surface area contributed by atoms with Gasteiger partial charge < -0.3 is 20.7 Å². The summed E-state index contributed by atoms with van der Waals surface area (Å²) in [6, 6.07) is 7.76. The van der Waals surface area contributed by atoms with E-state index in [-0.39, 0.29) is 24.5 Å². The fourth-order valence-electron chi connectivity index (χ4n) is 2.81. The number of rotatable bonds is 4. The maximum Gasteiger partial charge on any atom is 0.410 e. The number of hydrogen-bond acceptors (Lipinski definition) is 4. The van der Waals surface area contributed by atoms with Gasteiger partial charge in [-0.2, -0.15) is 0 Å². The summed E-state index contributed by atoms with van der Waals surface area (Å²) in [6.45, 7) is 6.88. The minimum atomic E-state index is -0.495. The number of carbonyl (C=O) groups excluding carboxylic acids is 2. The predicted molar refractivity (Wildman–Crippen MR) is 93.8 cm³/mol. The smallest absolute Gasteiger partial charge is 0.410 e. The van der Waals surface area contributed by atoms with Crippen LogP contribution < -0.4 is 11.1 Å². The molecule has 132 valence electrons. The number of nitrogens with two attached hydrogens (primary N) is 1. The first-order valence-corrected chi connectivity index (χ1v) is 8.35. The van der Waals surface area contributed by atoms with E-state index < -0.39 is 5.60 Å². The van der Waals surface area contributed by atoms with E-state index in [2.05, 4.69) is 5.32 Å². The molecular formula is C18H27N3O3. The van der Waals surface area contributed by atoms with Gasteiger partial charge in [-0.3, -0.25) is 4.79 Å². The third kappa shape index (κ3) is 5.44. The second-order valence-corrected chi connectivity index (χ2v) is 7.21. The number of nitrogens with zero attached hydrogens (tertiary/aromatic N) is 1. The van der Waals surface area contributed by atoms with Crippen LogP contribution in [0.2, 0.25) is 0 Å². The second kappa shape index (κ2) is 7.55. The molecule has 1 atom stereocenters. The Morgan fingerprint density at radius 2 is 2.04 bits per heavy atom. The standard InChI is InChI=1S/C18H27N3O3/c1-18(2,3)24-17(23)21-10-6-8-14(12-21)20-15-9-5-4-7-13(15)11-16(19)22/h4-5,7,9,14,20H,6,8,10-12H2,1-3H3,(H2,19,22). The Morgan fingerprint density at radius 3 is 2.71 bits per heavy atom. The van der Waals surface area contributed by atoms with Crippen LogP contribution in [-0.4, -0.2) is 41.6 Å². The number of anilines is 1. The highest BCUT2D eigenvalue weighted by Gasteiger charge is 2.27. The zero-order valence-corrected chi connectivity index (χ0v) is 14.7. The first-order valence-electron chi connectivity index (χ1n) is 8.35. The van der Waals surface area contributed by atoms with Crippen LogP contribution in [0.25, 0.3) is 0 Å². The Labute approximate surface area is 143 Å². The van der Waals surface area contributed by atoms with Crippen LogP contribution in [0.15, 0.2) is 24.3 Å². The Kier molecular flexibility index (Phi) is 5.70. The average molecular weight is 333 g/mol. The molecule has 1 unspecified atom stereocenters. The lowest BCUT2D eigenvalue weighted by molar-refractivity contribution is -0.117. The SMILES string of the molecule is CC(C)(C)OC(=O)N1CCCC(Nc2ccccc2CC(N)=O)C1. The molecule has 0 saturated carbocycles. The maximum absolute atomic E-state index is 12.2. The Hall–Kier alpha value is -2.24. The topological polar surface area (TPSA) is 84.7 Å². The summed E-state index contributed by atoms with van der Waals surface area (Å²) in [7, 11) is 0. The molecule has 1 aliphatic rings. The Bertz CT molecular complexity index is 595. The van der Waals surface area contributed by atoms with Gasteiger partial charge in [-0.15, -0.1) is 0 Å². The highest BCUT2D eigenvalue weighted by molar-refractivity contribution is 5.78. The lowest BCUT2D eigenvalue weighted by Crippen LogP contribution is -2.47. The molecule has 2 amide bonds. The van der Waals surface area contributed by atoms with Gasteiger partial charge in [0.1, 0.15) is 5.60 Å². The van der Waals surface area contributed by atoms with Crippen LogP contribution in [0.4, 0.5) is 10.5 Å². The average Bonchev–Trinajstić information content (AvgIpc) is 2.47. The number of nitrogens with one attached hydrogen (secondary N) is 1. The molecule has 0 bridgehead atoms. The molecule has 0 aromatic heterocycles. The Balaban J connectivity index is 2.01. The summed E-state index contributed by atoms with van der Waals surface area (Å²) in [5.74, 6) is -0.358.